The fourth-order valence-corrected chi connectivity index (χ4v) is 1.91. The van der Waals surface area contributed by atoms with E-state index < -0.39 is 0 Å². The molecule has 0 unspecified atom stereocenters. The maximum atomic E-state index is 5.58. The lowest BCUT2D eigenvalue weighted by Crippen LogP contribution is -2.30. The van der Waals surface area contributed by atoms with Gasteiger partial charge in [-0.1, -0.05) is 0 Å². The molecule has 0 aromatic carbocycles. The second kappa shape index (κ2) is 4.78. The summed E-state index contributed by atoms with van der Waals surface area (Å²) in [4.78, 5) is 11.4. The predicted octanol–water partition coefficient (Wildman–Crippen LogP) is 1.41. The van der Waals surface area contributed by atoms with Crippen LogP contribution in [0.2, 0.25) is 0 Å². The van der Waals surface area contributed by atoms with Gasteiger partial charge in [0.25, 0.3) is 0 Å². The SMILES string of the molecule is Cc1cnc(C)c(N(CCCN)C2CC2)n1. The van der Waals surface area contributed by atoms with Crippen molar-refractivity contribution in [2.24, 2.45) is 5.73 Å². The van der Waals surface area contributed by atoms with Crippen molar-refractivity contribution in [2.75, 3.05) is 18.0 Å². The molecule has 0 spiro atoms. The zero-order valence-corrected chi connectivity index (χ0v) is 10.1. The molecule has 16 heavy (non-hydrogen) atoms. The molecular formula is C12H20N4. The molecule has 2 rings (SSSR count). The Bertz CT molecular complexity index is 360. The van der Waals surface area contributed by atoms with Gasteiger partial charge in [0.2, 0.25) is 0 Å². The summed E-state index contributed by atoms with van der Waals surface area (Å²) in [6.07, 6.45) is 5.40. The summed E-state index contributed by atoms with van der Waals surface area (Å²) >= 11 is 0. The summed E-state index contributed by atoms with van der Waals surface area (Å²) < 4.78 is 0. The van der Waals surface area contributed by atoms with Crippen LogP contribution in [0.3, 0.4) is 0 Å². The maximum absolute atomic E-state index is 5.58. The van der Waals surface area contributed by atoms with Gasteiger partial charge in [0, 0.05) is 18.8 Å². The normalized spacial score (nSPS) is 15.2. The van der Waals surface area contributed by atoms with Crippen molar-refractivity contribution in [2.45, 2.75) is 39.2 Å². The fraction of sp³-hybridized carbons (Fsp3) is 0.667. The van der Waals surface area contributed by atoms with E-state index in [0.717, 1.165) is 36.7 Å². The molecule has 1 fully saturated rings. The molecule has 1 heterocycles. The summed E-state index contributed by atoms with van der Waals surface area (Å²) in [6.45, 7) is 5.76. The van der Waals surface area contributed by atoms with Crippen molar-refractivity contribution >= 4 is 5.82 Å². The molecule has 2 N–H and O–H groups in total. The lowest BCUT2D eigenvalue weighted by molar-refractivity contribution is 0.715. The molecule has 1 aliphatic rings. The van der Waals surface area contributed by atoms with Crippen molar-refractivity contribution < 1.29 is 0 Å². The predicted molar refractivity (Wildman–Crippen MR) is 65.5 cm³/mol. The highest BCUT2D eigenvalue weighted by Gasteiger charge is 2.30. The maximum Gasteiger partial charge on any atom is 0.150 e. The molecule has 0 amide bonds. The minimum absolute atomic E-state index is 0.668. The summed E-state index contributed by atoms with van der Waals surface area (Å²) in [6, 6.07) is 0.668. The minimum atomic E-state index is 0.668. The molecule has 4 nitrogen and oxygen atoms in total. The molecule has 88 valence electrons. The molecule has 1 aromatic rings. The first kappa shape index (κ1) is 11.3. The Kier molecular flexibility index (Phi) is 3.39. The number of anilines is 1. The van der Waals surface area contributed by atoms with E-state index in [1.807, 2.05) is 20.0 Å². The van der Waals surface area contributed by atoms with Gasteiger partial charge in [0.1, 0.15) is 0 Å². The summed E-state index contributed by atoms with van der Waals surface area (Å²) in [5.41, 5.74) is 7.59. The van der Waals surface area contributed by atoms with Crippen LogP contribution >= 0.6 is 0 Å². The van der Waals surface area contributed by atoms with Crippen molar-refractivity contribution in [3.63, 3.8) is 0 Å². The fourth-order valence-electron chi connectivity index (χ4n) is 1.91. The van der Waals surface area contributed by atoms with E-state index in [4.69, 9.17) is 5.73 Å². The quantitative estimate of drug-likeness (QED) is 0.815. The molecule has 0 saturated heterocycles. The second-order valence-corrected chi connectivity index (χ2v) is 4.49. The Morgan fingerprint density at radius 3 is 2.81 bits per heavy atom. The van der Waals surface area contributed by atoms with E-state index in [-0.39, 0.29) is 0 Å². The number of nitrogens with two attached hydrogens (primary N) is 1. The molecular weight excluding hydrogens is 200 g/mol. The third-order valence-electron chi connectivity index (χ3n) is 2.91. The minimum Gasteiger partial charge on any atom is -0.352 e. The zero-order chi connectivity index (χ0) is 11.5. The summed E-state index contributed by atoms with van der Waals surface area (Å²) in [5, 5.41) is 0. The third kappa shape index (κ3) is 2.50. The van der Waals surface area contributed by atoms with Crippen LogP contribution in [0.25, 0.3) is 0 Å². The van der Waals surface area contributed by atoms with Gasteiger partial charge in [-0.05, 0) is 39.7 Å². The van der Waals surface area contributed by atoms with Crippen LogP contribution in [0.15, 0.2) is 6.20 Å². The van der Waals surface area contributed by atoms with Crippen molar-refractivity contribution in [1.29, 1.82) is 0 Å². The van der Waals surface area contributed by atoms with Gasteiger partial charge in [-0.2, -0.15) is 0 Å². The Morgan fingerprint density at radius 2 is 2.19 bits per heavy atom. The Balaban J connectivity index is 2.19. The zero-order valence-electron chi connectivity index (χ0n) is 10.1. The van der Waals surface area contributed by atoms with E-state index in [1.54, 1.807) is 0 Å². The monoisotopic (exact) mass is 220 g/mol. The van der Waals surface area contributed by atoms with E-state index in [1.165, 1.54) is 12.8 Å². The smallest absolute Gasteiger partial charge is 0.150 e. The first-order valence-corrected chi connectivity index (χ1v) is 5.99. The largest absolute Gasteiger partial charge is 0.352 e. The Hall–Kier alpha value is -1.16. The summed E-state index contributed by atoms with van der Waals surface area (Å²) in [7, 11) is 0. The topological polar surface area (TPSA) is 55.0 Å². The van der Waals surface area contributed by atoms with Gasteiger partial charge in [-0.3, -0.25) is 4.98 Å². The van der Waals surface area contributed by atoms with Gasteiger partial charge in [0.15, 0.2) is 5.82 Å². The van der Waals surface area contributed by atoms with Crippen LogP contribution in [0.5, 0.6) is 0 Å². The van der Waals surface area contributed by atoms with E-state index >= 15 is 0 Å². The number of hydrogen-bond acceptors (Lipinski definition) is 4. The summed E-state index contributed by atoms with van der Waals surface area (Å²) in [5.74, 6) is 1.05. The molecule has 1 aliphatic carbocycles. The third-order valence-corrected chi connectivity index (χ3v) is 2.91. The first-order chi connectivity index (χ1) is 7.72. The van der Waals surface area contributed by atoms with E-state index in [2.05, 4.69) is 14.9 Å². The molecule has 0 radical (unpaired) electrons. The highest BCUT2D eigenvalue weighted by atomic mass is 15.2. The molecule has 4 heteroatoms. The lowest BCUT2D eigenvalue weighted by atomic mass is 10.3. The molecule has 0 atom stereocenters. The number of hydrogen-bond donors (Lipinski definition) is 1. The van der Waals surface area contributed by atoms with Crippen LogP contribution in [-0.4, -0.2) is 29.1 Å². The van der Waals surface area contributed by atoms with Crippen LogP contribution in [0.4, 0.5) is 5.82 Å². The number of nitrogens with zero attached hydrogens (tertiary/aromatic N) is 3. The average molecular weight is 220 g/mol. The number of aromatic nitrogens is 2. The van der Waals surface area contributed by atoms with Crippen LogP contribution in [0, 0.1) is 13.8 Å². The highest BCUT2D eigenvalue weighted by molar-refractivity contribution is 5.45. The Morgan fingerprint density at radius 1 is 1.44 bits per heavy atom. The Labute approximate surface area is 96.9 Å². The molecule has 0 bridgehead atoms. The highest BCUT2D eigenvalue weighted by Crippen LogP contribution is 2.31. The van der Waals surface area contributed by atoms with Gasteiger partial charge in [0.05, 0.1) is 11.4 Å². The van der Waals surface area contributed by atoms with Gasteiger partial charge in [-0.25, -0.2) is 4.98 Å². The van der Waals surface area contributed by atoms with Crippen LogP contribution in [-0.2, 0) is 0 Å². The van der Waals surface area contributed by atoms with Crippen LogP contribution in [0.1, 0.15) is 30.7 Å². The molecule has 0 aliphatic heterocycles. The van der Waals surface area contributed by atoms with Crippen molar-refractivity contribution in [3.8, 4) is 0 Å². The average Bonchev–Trinajstić information content (AvgIpc) is 3.08. The molecule has 1 saturated carbocycles. The first-order valence-electron chi connectivity index (χ1n) is 5.99. The lowest BCUT2D eigenvalue weighted by Gasteiger charge is -2.24. The van der Waals surface area contributed by atoms with Gasteiger partial charge < -0.3 is 10.6 Å². The van der Waals surface area contributed by atoms with Crippen molar-refractivity contribution in [1.82, 2.24) is 9.97 Å². The molecule has 1 aromatic heterocycles. The van der Waals surface area contributed by atoms with E-state index in [9.17, 15) is 0 Å². The van der Waals surface area contributed by atoms with Crippen molar-refractivity contribution in [3.05, 3.63) is 17.6 Å². The van der Waals surface area contributed by atoms with Gasteiger partial charge >= 0.3 is 0 Å². The van der Waals surface area contributed by atoms with E-state index in [0.29, 0.717) is 6.04 Å². The van der Waals surface area contributed by atoms with Gasteiger partial charge in [-0.15, -0.1) is 0 Å². The second-order valence-electron chi connectivity index (χ2n) is 4.49. The van der Waals surface area contributed by atoms with Crippen LogP contribution < -0.4 is 10.6 Å². The number of aryl methyl sites for hydroxylation is 2. The standard InChI is InChI=1S/C12H20N4/c1-9-8-14-10(2)12(15-9)16(7-3-6-13)11-4-5-11/h8,11H,3-7,13H2,1-2H3. The number of rotatable bonds is 5.